The average Bonchev–Trinajstić information content (AvgIpc) is 2.73. The first-order valence-corrected chi connectivity index (χ1v) is 11.1. The summed E-state index contributed by atoms with van der Waals surface area (Å²) in [6.45, 7) is 11.6. The number of nitrogens with one attached hydrogen (secondary N) is 4. The van der Waals surface area contributed by atoms with Crippen LogP contribution in [-0.2, 0) is 0 Å². The predicted octanol–water partition coefficient (Wildman–Crippen LogP) is 4.16. The van der Waals surface area contributed by atoms with Crippen LogP contribution in [0.5, 0.6) is 0 Å². The van der Waals surface area contributed by atoms with Crippen LogP contribution in [0.15, 0.2) is 47.5 Å². The van der Waals surface area contributed by atoms with Crippen molar-refractivity contribution in [1.29, 1.82) is 0 Å². The molecule has 32 heavy (non-hydrogen) atoms. The molecule has 0 aliphatic carbocycles. The smallest absolute Gasteiger partial charge is 0.257 e. The van der Waals surface area contributed by atoms with Crippen LogP contribution in [0.25, 0.3) is 0 Å². The topological polar surface area (TPSA) is 94.6 Å². The number of nitrogens with zero attached hydrogens (tertiary/aromatic N) is 1. The predicted molar refractivity (Wildman–Crippen MR) is 130 cm³/mol. The Morgan fingerprint density at radius 2 is 1.78 bits per heavy atom. The van der Waals surface area contributed by atoms with Crippen molar-refractivity contribution >= 4 is 29.1 Å². The fourth-order valence-electron chi connectivity index (χ4n) is 3.40. The molecule has 170 valence electrons. The molecule has 1 aliphatic heterocycles. The van der Waals surface area contributed by atoms with Gasteiger partial charge in [0.15, 0.2) is 5.96 Å². The van der Waals surface area contributed by atoms with Crippen LogP contribution in [0.2, 0.25) is 0 Å². The Morgan fingerprint density at radius 1 is 1.03 bits per heavy atom. The molecular weight excluding hydrogens is 402 g/mol. The second-order valence-electron chi connectivity index (χ2n) is 9.33. The van der Waals surface area contributed by atoms with Crippen molar-refractivity contribution in [2.24, 2.45) is 4.99 Å². The molecule has 1 heterocycles. The van der Waals surface area contributed by atoms with Crippen molar-refractivity contribution in [3.8, 4) is 0 Å². The van der Waals surface area contributed by atoms with Gasteiger partial charge in [-0.2, -0.15) is 0 Å². The summed E-state index contributed by atoms with van der Waals surface area (Å²) >= 11 is 0. The molecule has 0 atom stereocenters. The molecule has 0 bridgehead atoms. The van der Waals surface area contributed by atoms with Crippen molar-refractivity contribution in [3.63, 3.8) is 0 Å². The first-order chi connectivity index (χ1) is 15.1. The molecule has 0 fully saturated rings. The van der Waals surface area contributed by atoms with E-state index in [1.165, 1.54) is 0 Å². The molecule has 0 saturated heterocycles. The van der Waals surface area contributed by atoms with Crippen LogP contribution in [0.3, 0.4) is 0 Å². The highest BCUT2D eigenvalue weighted by molar-refractivity contribution is 6.06. The molecule has 3 rings (SSSR count). The summed E-state index contributed by atoms with van der Waals surface area (Å²) in [4.78, 5) is 29.5. The van der Waals surface area contributed by atoms with E-state index in [1.54, 1.807) is 12.1 Å². The molecule has 0 radical (unpaired) electrons. The lowest BCUT2D eigenvalue weighted by Crippen LogP contribution is -2.43. The number of benzene rings is 2. The number of anilines is 2. The summed E-state index contributed by atoms with van der Waals surface area (Å²) in [6, 6.07) is 13.0. The molecule has 0 saturated carbocycles. The van der Waals surface area contributed by atoms with Crippen LogP contribution in [0, 0.1) is 0 Å². The van der Waals surface area contributed by atoms with Gasteiger partial charge in [0, 0.05) is 41.1 Å². The number of aliphatic imine (C=N–C) groups is 1. The number of hydrogen-bond donors (Lipinski definition) is 4. The standard InChI is InChI=1S/C25H33N5O2/c1-16(2)20-15-18(22(31)29-24-26-12-7-13-27-24)10-11-21(20)28-19-9-6-8-17(14-19)23(32)30-25(3,4)5/h6,8-11,14-16,28H,7,12-13H2,1-5H3,(H,30,32)(H2,26,27,29,31). The van der Waals surface area contributed by atoms with E-state index in [9.17, 15) is 9.59 Å². The molecule has 2 amide bonds. The van der Waals surface area contributed by atoms with Gasteiger partial charge in [0.2, 0.25) is 0 Å². The first-order valence-electron chi connectivity index (χ1n) is 11.1. The van der Waals surface area contributed by atoms with Gasteiger partial charge in [-0.1, -0.05) is 19.9 Å². The summed E-state index contributed by atoms with van der Waals surface area (Å²) in [7, 11) is 0. The van der Waals surface area contributed by atoms with Gasteiger partial charge in [0.25, 0.3) is 11.8 Å². The second kappa shape index (κ2) is 9.85. The highest BCUT2D eigenvalue weighted by atomic mass is 16.2. The van der Waals surface area contributed by atoms with E-state index < -0.39 is 0 Å². The quantitative estimate of drug-likeness (QED) is 0.567. The highest BCUT2D eigenvalue weighted by Gasteiger charge is 2.17. The number of amides is 2. The lowest BCUT2D eigenvalue weighted by Gasteiger charge is -2.21. The molecule has 0 spiro atoms. The fourth-order valence-corrected chi connectivity index (χ4v) is 3.40. The Bertz CT molecular complexity index is 1020. The number of hydrogen-bond acceptors (Lipinski definition) is 5. The second-order valence-corrected chi connectivity index (χ2v) is 9.33. The monoisotopic (exact) mass is 435 g/mol. The van der Waals surface area contributed by atoms with Crippen molar-refractivity contribution < 1.29 is 9.59 Å². The third kappa shape index (κ3) is 6.33. The summed E-state index contributed by atoms with van der Waals surface area (Å²) < 4.78 is 0. The maximum atomic E-state index is 12.7. The van der Waals surface area contributed by atoms with Crippen molar-refractivity contribution in [3.05, 3.63) is 59.2 Å². The van der Waals surface area contributed by atoms with Gasteiger partial charge in [-0.05, 0) is 75.1 Å². The molecule has 0 unspecified atom stereocenters. The third-order valence-corrected chi connectivity index (χ3v) is 4.96. The zero-order valence-electron chi connectivity index (χ0n) is 19.5. The Hall–Kier alpha value is -3.35. The van der Waals surface area contributed by atoms with Crippen LogP contribution < -0.4 is 21.3 Å². The Morgan fingerprint density at radius 3 is 2.44 bits per heavy atom. The number of carbonyl (C=O) groups is 2. The highest BCUT2D eigenvalue weighted by Crippen LogP contribution is 2.29. The Kier molecular flexibility index (Phi) is 7.18. The SMILES string of the molecule is CC(C)c1cc(C(=O)NC2=NCCCN2)ccc1Nc1cccc(C(=O)NC(C)(C)C)c1. The zero-order valence-corrected chi connectivity index (χ0v) is 19.5. The molecule has 1 aliphatic rings. The van der Waals surface area contributed by atoms with E-state index >= 15 is 0 Å². The van der Waals surface area contributed by atoms with Gasteiger partial charge in [-0.3, -0.25) is 19.9 Å². The van der Waals surface area contributed by atoms with E-state index in [1.807, 2.05) is 51.1 Å². The lowest BCUT2D eigenvalue weighted by atomic mass is 9.98. The Balaban J connectivity index is 1.79. The van der Waals surface area contributed by atoms with E-state index in [4.69, 9.17) is 0 Å². The van der Waals surface area contributed by atoms with Gasteiger partial charge in [0.05, 0.1) is 0 Å². The largest absolute Gasteiger partial charge is 0.356 e. The van der Waals surface area contributed by atoms with Crippen molar-refractivity contribution in [2.45, 2.75) is 52.5 Å². The molecule has 7 nitrogen and oxygen atoms in total. The van der Waals surface area contributed by atoms with Gasteiger partial charge >= 0.3 is 0 Å². The molecule has 2 aromatic rings. The number of rotatable bonds is 5. The van der Waals surface area contributed by atoms with Gasteiger partial charge in [-0.15, -0.1) is 0 Å². The number of carbonyl (C=O) groups excluding carboxylic acids is 2. The maximum Gasteiger partial charge on any atom is 0.257 e. The maximum absolute atomic E-state index is 12.7. The zero-order chi connectivity index (χ0) is 23.3. The minimum absolute atomic E-state index is 0.114. The molecule has 4 N–H and O–H groups in total. The van der Waals surface area contributed by atoms with Crippen LogP contribution in [0.1, 0.15) is 73.2 Å². The van der Waals surface area contributed by atoms with E-state index in [-0.39, 0.29) is 23.3 Å². The lowest BCUT2D eigenvalue weighted by molar-refractivity contribution is 0.0918. The normalized spacial score (nSPS) is 13.8. The van der Waals surface area contributed by atoms with Crippen LogP contribution in [-0.4, -0.2) is 36.4 Å². The molecule has 0 aromatic heterocycles. The van der Waals surface area contributed by atoms with Gasteiger partial charge < -0.3 is 16.0 Å². The van der Waals surface area contributed by atoms with Crippen molar-refractivity contribution in [2.75, 3.05) is 18.4 Å². The minimum Gasteiger partial charge on any atom is -0.356 e. The van der Waals surface area contributed by atoms with Gasteiger partial charge in [-0.25, -0.2) is 0 Å². The fraction of sp³-hybridized carbons (Fsp3) is 0.400. The summed E-state index contributed by atoms with van der Waals surface area (Å²) in [5, 5.41) is 12.3. The van der Waals surface area contributed by atoms with Crippen molar-refractivity contribution in [1.82, 2.24) is 16.0 Å². The van der Waals surface area contributed by atoms with E-state index in [0.717, 1.165) is 36.4 Å². The average molecular weight is 436 g/mol. The van der Waals surface area contributed by atoms with Crippen LogP contribution >= 0.6 is 0 Å². The molecular formula is C25H33N5O2. The minimum atomic E-state index is -0.305. The van der Waals surface area contributed by atoms with Crippen LogP contribution in [0.4, 0.5) is 11.4 Å². The first kappa shape index (κ1) is 23.3. The number of guanidine groups is 1. The Labute approximate surface area is 190 Å². The summed E-state index contributed by atoms with van der Waals surface area (Å²) in [5.41, 5.74) is 3.59. The third-order valence-electron chi connectivity index (χ3n) is 4.96. The van der Waals surface area contributed by atoms with Gasteiger partial charge in [0.1, 0.15) is 0 Å². The van der Waals surface area contributed by atoms with E-state index in [2.05, 4.69) is 40.1 Å². The molecule has 7 heteroatoms. The summed E-state index contributed by atoms with van der Waals surface area (Å²) in [6.07, 6.45) is 0.969. The summed E-state index contributed by atoms with van der Waals surface area (Å²) in [5.74, 6) is 0.423. The molecule has 2 aromatic carbocycles. The van der Waals surface area contributed by atoms with E-state index in [0.29, 0.717) is 17.1 Å².